The number of thiazole rings is 1. The van der Waals surface area contributed by atoms with E-state index in [9.17, 15) is 32.7 Å². The zero-order valence-electron chi connectivity index (χ0n) is 19.1. The van der Waals surface area contributed by atoms with Gasteiger partial charge in [0.1, 0.15) is 23.7 Å². The molecule has 1 fully saturated rings. The van der Waals surface area contributed by atoms with E-state index in [1.807, 2.05) is 0 Å². The van der Waals surface area contributed by atoms with Crippen molar-refractivity contribution in [1.82, 2.24) is 15.2 Å². The maximum absolute atomic E-state index is 13.3. The highest BCUT2D eigenvalue weighted by atomic mass is 32.2. The highest BCUT2D eigenvalue weighted by molar-refractivity contribution is 8.00. The summed E-state index contributed by atoms with van der Waals surface area (Å²) < 4.78 is 30.8. The second-order valence-electron chi connectivity index (χ2n) is 7.86. The Morgan fingerprint density at radius 1 is 1.30 bits per heavy atom. The molecule has 0 radical (unpaired) electrons. The standard InChI is InChI=1S/C22H20N4O8S3/c1-11(27)34-7-12-8-35-20-16(19(29)26(20)17(12)21(30)31)25-18(28)14(15-9-36-22(23)24-15)10-37(32,33)13-5-3-2-4-6-13/h2-6,9-10,16,20H,7-8H2,1H3,(H2,23,24)(H,25,28)(H,30,31)/t16?,20-/m0/s1. The number of hydrogen-bond acceptors (Lipinski definition) is 11. The molecule has 0 saturated carbocycles. The van der Waals surface area contributed by atoms with E-state index in [-0.39, 0.29) is 44.9 Å². The molecule has 2 aromatic rings. The molecule has 2 atom stereocenters. The average molecular weight is 565 g/mol. The van der Waals surface area contributed by atoms with Crippen molar-refractivity contribution in [2.45, 2.75) is 23.2 Å². The first-order valence-electron chi connectivity index (χ1n) is 10.6. The third-order valence-corrected chi connectivity index (χ3v) is 8.86. The van der Waals surface area contributed by atoms with Crippen LogP contribution >= 0.6 is 23.1 Å². The summed E-state index contributed by atoms with van der Waals surface area (Å²) in [5.41, 5.74) is 5.30. The first kappa shape index (κ1) is 26.4. The van der Waals surface area contributed by atoms with Gasteiger partial charge in [-0.05, 0) is 12.1 Å². The first-order valence-corrected chi connectivity index (χ1v) is 14.0. The number of benzene rings is 1. The fourth-order valence-corrected chi connectivity index (χ4v) is 6.78. The number of nitrogen functional groups attached to an aromatic ring is 1. The van der Waals surface area contributed by atoms with Gasteiger partial charge in [0.2, 0.25) is 9.84 Å². The SMILES string of the molecule is CC(=O)OCC1=C(C(=O)O)N2C(=O)C(NC(=O)C(=CS(=O)(=O)c3ccccc3)c3csc(N)n3)[C@@H]2SC1. The average Bonchev–Trinajstić information content (AvgIpc) is 3.29. The molecular formula is C22H20N4O8S3. The van der Waals surface area contributed by atoms with Crippen molar-refractivity contribution in [3.63, 3.8) is 0 Å². The molecule has 3 heterocycles. The maximum Gasteiger partial charge on any atom is 0.352 e. The first-order chi connectivity index (χ1) is 17.5. The van der Waals surface area contributed by atoms with E-state index in [1.54, 1.807) is 6.07 Å². The van der Waals surface area contributed by atoms with Crippen molar-refractivity contribution < 1.29 is 37.4 Å². The van der Waals surface area contributed by atoms with E-state index in [4.69, 9.17) is 10.5 Å². The molecule has 1 saturated heterocycles. The van der Waals surface area contributed by atoms with Gasteiger partial charge in [-0.3, -0.25) is 19.3 Å². The Kier molecular flexibility index (Phi) is 7.38. The zero-order chi connectivity index (χ0) is 26.9. The maximum atomic E-state index is 13.3. The minimum atomic E-state index is -4.07. The Bertz CT molecular complexity index is 1450. The van der Waals surface area contributed by atoms with E-state index in [0.717, 1.165) is 21.6 Å². The Balaban J connectivity index is 1.61. The number of anilines is 1. The molecular weight excluding hydrogens is 544 g/mol. The van der Waals surface area contributed by atoms with Crippen LogP contribution < -0.4 is 11.1 Å². The number of carboxylic acids is 1. The van der Waals surface area contributed by atoms with Crippen molar-refractivity contribution in [2.24, 2.45) is 0 Å². The third kappa shape index (κ3) is 5.38. The number of thioether (sulfide) groups is 1. The van der Waals surface area contributed by atoms with Crippen molar-refractivity contribution in [3.05, 3.63) is 58.1 Å². The largest absolute Gasteiger partial charge is 0.477 e. The molecule has 0 aliphatic carbocycles. The molecule has 15 heteroatoms. The number of esters is 1. The van der Waals surface area contributed by atoms with Crippen molar-refractivity contribution in [1.29, 1.82) is 0 Å². The number of amides is 2. The smallest absolute Gasteiger partial charge is 0.352 e. The number of sulfone groups is 1. The normalized spacial score (nSPS) is 19.6. The van der Waals surface area contributed by atoms with Crippen LogP contribution in [0.15, 0.2) is 57.3 Å². The highest BCUT2D eigenvalue weighted by Gasteiger charge is 2.54. The molecule has 37 heavy (non-hydrogen) atoms. The van der Waals surface area contributed by atoms with E-state index in [1.165, 1.54) is 48.3 Å². The Morgan fingerprint density at radius 2 is 2.00 bits per heavy atom. The van der Waals surface area contributed by atoms with Crippen LogP contribution in [0.2, 0.25) is 0 Å². The number of aromatic nitrogens is 1. The Hall–Kier alpha value is -3.69. The van der Waals surface area contributed by atoms with Crippen LogP contribution in [0.3, 0.4) is 0 Å². The van der Waals surface area contributed by atoms with Crippen molar-refractivity contribution in [3.8, 4) is 0 Å². The monoisotopic (exact) mass is 564 g/mol. The number of nitrogens with zero attached hydrogens (tertiary/aromatic N) is 2. The number of nitrogens with one attached hydrogen (secondary N) is 1. The summed E-state index contributed by atoms with van der Waals surface area (Å²) in [4.78, 5) is 54.2. The number of aliphatic carboxylic acids is 1. The molecule has 194 valence electrons. The second kappa shape index (κ2) is 10.4. The van der Waals surface area contributed by atoms with E-state index in [0.29, 0.717) is 0 Å². The molecule has 1 unspecified atom stereocenters. The van der Waals surface area contributed by atoms with Gasteiger partial charge in [0, 0.05) is 23.6 Å². The number of rotatable bonds is 8. The van der Waals surface area contributed by atoms with Crippen molar-refractivity contribution >= 4 is 67.4 Å². The lowest BCUT2D eigenvalue weighted by Crippen LogP contribution is -2.70. The minimum Gasteiger partial charge on any atom is -0.477 e. The number of carboxylic acid groups (broad SMARTS) is 1. The summed E-state index contributed by atoms with van der Waals surface area (Å²) >= 11 is 2.18. The third-order valence-electron chi connectivity index (χ3n) is 5.37. The summed E-state index contributed by atoms with van der Waals surface area (Å²) in [5.74, 6) is -3.43. The molecule has 2 amide bonds. The summed E-state index contributed by atoms with van der Waals surface area (Å²) in [5, 5.41) is 13.7. The molecule has 1 aromatic heterocycles. The number of ether oxygens (including phenoxy) is 1. The van der Waals surface area contributed by atoms with Crippen molar-refractivity contribution in [2.75, 3.05) is 18.1 Å². The predicted molar refractivity (Wildman–Crippen MR) is 134 cm³/mol. The van der Waals surface area contributed by atoms with Crippen LogP contribution in [0.25, 0.3) is 5.57 Å². The van der Waals surface area contributed by atoms with Crippen LogP contribution in [0.4, 0.5) is 5.13 Å². The van der Waals surface area contributed by atoms with Gasteiger partial charge in [-0.15, -0.1) is 23.1 Å². The lowest BCUT2D eigenvalue weighted by atomic mass is 10.0. The molecule has 12 nitrogen and oxygen atoms in total. The number of carbonyl (C=O) groups excluding carboxylic acids is 3. The number of hydrogen-bond donors (Lipinski definition) is 3. The van der Waals surface area contributed by atoms with Crippen LogP contribution in [0, 0.1) is 0 Å². The van der Waals surface area contributed by atoms with E-state index < -0.39 is 45.0 Å². The topological polar surface area (TPSA) is 186 Å². The predicted octanol–water partition coefficient (Wildman–Crippen LogP) is 0.842. The summed E-state index contributed by atoms with van der Waals surface area (Å²) in [6.45, 7) is 0.895. The second-order valence-corrected chi connectivity index (χ2v) is 11.7. The number of carbonyl (C=O) groups is 4. The van der Waals surface area contributed by atoms with Gasteiger partial charge in [-0.1, -0.05) is 18.2 Å². The van der Waals surface area contributed by atoms with Gasteiger partial charge in [-0.2, -0.15) is 0 Å². The summed E-state index contributed by atoms with van der Waals surface area (Å²) in [7, 11) is -4.07. The Labute approximate surface area is 219 Å². The van der Waals surface area contributed by atoms with E-state index in [2.05, 4.69) is 10.3 Å². The van der Waals surface area contributed by atoms with Gasteiger partial charge >= 0.3 is 11.9 Å². The van der Waals surface area contributed by atoms with Gasteiger partial charge < -0.3 is 20.9 Å². The minimum absolute atomic E-state index is 0.00854. The van der Waals surface area contributed by atoms with Gasteiger partial charge in [0.25, 0.3) is 11.8 Å². The van der Waals surface area contributed by atoms with E-state index >= 15 is 0 Å². The van der Waals surface area contributed by atoms with Crippen LogP contribution in [0.1, 0.15) is 12.6 Å². The molecule has 2 aliphatic heterocycles. The lowest BCUT2D eigenvalue weighted by Gasteiger charge is -2.49. The number of fused-ring (bicyclic) bond motifs is 1. The fourth-order valence-electron chi connectivity index (χ4n) is 3.68. The molecule has 0 bridgehead atoms. The Morgan fingerprint density at radius 3 is 2.59 bits per heavy atom. The van der Waals surface area contributed by atoms with Gasteiger partial charge in [-0.25, -0.2) is 18.2 Å². The number of β-lactam (4-membered cyclic amide) rings is 1. The van der Waals surface area contributed by atoms with Crippen LogP contribution in [-0.4, -0.2) is 70.9 Å². The zero-order valence-corrected chi connectivity index (χ0v) is 21.6. The highest BCUT2D eigenvalue weighted by Crippen LogP contribution is 2.40. The summed E-state index contributed by atoms with van der Waals surface area (Å²) in [6, 6.07) is 6.33. The molecule has 1 aromatic carbocycles. The lowest BCUT2D eigenvalue weighted by molar-refractivity contribution is -0.150. The molecule has 0 spiro atoms. The van der Waals surface area contributed by atoms with Gasteiger partial charge in [0.15, 0.2) is 5.13 Å². The fraction of sp³-hybridized carbons (Fsp3) is 0.227. The molecule has 4 rings (SSSR count). The number of nitrogens with two attached hydrogens (primary N) is 1. The quantitative estimate of drug-likeness (QED) is 0.234. The van der Waals surface area contributed by atoms with Crippen LogP contribution in [-0.2, 0) is 33.8 Å². The molecule has 4 N–H and O–H groups in total. The van der Waals surface area contributed by atoms with Gasteiger partial charge in [0.05, 0.1) is 21.6 Å². The molecule has 2 aliphatic rings. The van der Waals surface area contributed by atoms with Crippen LogP contribution in [0.5, 0.6) is 0 Å². The summed E-state index contributed by atoms with van der Waals surface area (Å²) in [6.07, 6.45) is 0.